The normalized spacial score (nSPS) is 15.3. The summed E-state index contributed by atoms with van der Waals surface area (Å²) in [7, 11) is 3.75. The molecule has 26 heavy (non-hydrogen) atoms. The number of nitrogens with zero attached hydrogens (tertiary/aromatic N) is 1. The Bertz CT molecular complexity index is 741. The Kier molecular flexibility index (Phi) is 5.30. The molecule has 1 aliphatic carbocycles. The van der Waals surface area contributed by atoms with Gasteiger partial charge in [-0.05, 0) is 43.3 Å². The van der Waals surface area contributed by atoms with E-state index in [1.807, 2.05) is 43.3 Å². The van der Waals surface area contributed by atoms with E-state index < -0.39 is 11.7 Å². The molecule has 1 amide bonds. The maximum atomic E-state index is 12.1. The molecule has 0 saturated carbocycles. The predicted molar refractivity (Wildman–Crippen MR) is 102 cm³/mol. The van der Waals surface area contributed by atoms with Gasteiger partial charge in [-0.2, -0.15) is 0 Å². The molecular formula is C21H26N2O3. The van der Waals surface area contributed by atoms with E-state index in [0.29, 0.717) is 6.54 Å². The first-order chi connectivity index (χ1) is 12.4. The molecule has 0 aliphatic heterocycles. The van der Waals surface area contributed by atoms with E-state index in [1.165, 1.54) is 22.3 Å². The number of likely N-dealkylation sites (N-methyl/N-ethyl adjacent to an activating group) is 1. The molecule has 0 spiro atoms. The number of nitrogens with one attached hydrogen (secondary N) is 1. The van der Waals surface area contributed by atoms with E-state index in [0.717, 1.165) is 0 Å². The van der Waals surface area contributed by atoms with Gasteiger partial charge in [0.05, 0.1) is 12.1 Å². The highest BCUT2D eigenvalue weighted by atomic mass is 16.5. The maximum Gasteiger partial charge on any atom is 0.407 e. The fourth-order valence-electron chi connectivity index (χ4n) is 3.65. The largest absolute Gasteiger partial charge is 0.449 e. The molecule has 0 saturated heterocycles. The average molecular weight is 354 g/mol. The quantitative estimate of drug-likeness (QED) is 0.837. The fraction of sp³-hybridized carbons (Fsp3) is 0.381. The van der Waals surface area contributed by atoms with E-state index in [1.54, 1.807) is 6.92 Å². The monoisotopic (exact) mass is 354 g/mol. The summed E-state index contributed by atoms with van der Waals surface area (Å²) in [4.78, 5) is 14.0. The number of ether oxygens (including phenoxy) is 1. The molecule has 5 nitrogen and oxygen atoms in total. The van der Waals surface area contributed by atoms with Crippen LogP contribution >= 0.6 is 0 Å². The van der Waals surface area contributed by atoms with Gasteiger partial charge in [0.25, 0.3) is 0 Å². The molecule has 5 heteroatoms. The Labute approximate surface area is 154 Å². The summed E-state index contributed by atoms with van der Waals surface area (Å²) < 4.78 is 5.47. The van der Waals surface area contributed by atoms with Gasteiger partial charge in [0.2, 0.25) is 0 Å². The van der Waals surface area contributed by atoms with Gasteiger partial charge in [0.1, 0.15) is 6.61 Å². The molecular weight excluding hydrogens is 328 g/mol. The van der Waals surface area contributed by atoms with Crippen LogP contribution in [0.2, 0.25) is 0 Å². The van der Waals surface area contributed by atoms with Crippen molar-refractivity contribution in [2.75, 3.05) is 33.8 Å². The second kappa shape index (κ2) is 7.48. The number of aliphatic hydroxyl groups is 1. The zero-order valence-corrected chi connectivity index (χ0v) is 15.5. The van der Waals surface area contributed by atoms with Crippen molar-refractivity contribution < 1.29 is 14.6 Å². The lowest BCUT2D eigenvalue weighted by atomic mass is 9.98. The van der Waals surface area contributed by atoms with Crippen molar-refractivity contribution in [2.24, 2.45) is 0 Å². The van der Waals surface area contributed by atoms with Crippen LogP contribution in [0.25, 0.3) is 11.1 Å². The number of rotatable bonds is 6. The molecule has 0 bridgehead atoms. The number of alkyl carbamates (subject to hydrolysis) is 1. The number of carbonyl (C=O) groups excluding carboxylic acids is 1. The molecule has 2 aromatic carbocycles. The lowest BCUT2D eigenvalue weighted by molar-refractivity contribution is 0.0321. The SMILES string of the molecule is CN(C)CC(C)(O)CNC(=O)OCC1c2ccccc2-c2ccccc21. The van der Waals surface area contributed by atoms with Crippen LogP contribution in [-0.2, 0) is 4.74 Å². The minimum Gasteiger partial charge on any atom is -0.449 e. The van der Waals surface area contributed by atoms with Crippen LogP contribution < -0.4 is 5.32 Å². The average Bonchev–Trinajstić information content (AvgIpc) is 2.91. The molecule has 3 rings (SSSR count). The Balaban J connectivity index is 1.62. The maximum absolute atomic E-state index is 12.1. The molecule has 0 aromatic heterocycles. The number of benzene rings is 2. The fourth-order valence-corrected chi connectivity index (χ4v) is 3.65. The van der Waals surface area contributed by atoms with Crippen LogP contribution in [-0.4, -0.2) is 55.5 Å². The lowest BCUT2D eigenvalue weighted by Crippen LogP contribution is -2.47. The van der Waals surface area contributed by atoms with Crippen LogP contribution in [0, 0.1) is 0 Å². The van der Waals surface area contributed by atoms with Crippen LogP contribution in [0.4, 0.5) is 4.79 Å². The molecule has 0 fully saturated rings. The van der Waals surface area contributed by atoms with Gasteiger partial charge in [-0.3, -0.25) is 0 Å². The topological polar surface area (TPSA) is 61.8 Å². The minimum absolute atomic E-state index is 0.0374. The summed E-state index contributed by atoms with van der Waals surface area (Å²) in [5, 5.41) is 12.9. The van der Waals surface area contributed by atoms with Crippen molar-refractivity contribution in [2.45, 2.75) is 18.4 Å². The van der Waals surface area contributed by atoms with Gasteiger partial charge >= 0.3 is 6.09 Å². The van der Waals surface area contributed by atoms with Crippen molar-refractivity contribution in [1.29, 1.82) is 0 Å². The third-order valence-corrected chi connectivity index (χ3v) is 4.61. The van der Waals surface area contributed by atoms with Crippen molar-refractivity contribution in [1.82, 2.24) is 10.2 Å². The highest BCUT2D eigenvalue weighted by Gasteiger charge is 2.29. The summed E-state index contributed by atoms with van der Waals surface area (Å²) in [6, 6.07) is 16.5. The molecule has 2 N–H and O–H groups in total. The molecule has 1 unspecified atom stereocenters. The first-order valence-electron chi connectivity index (χ1n) is 8.83. The van der Waals surface area contributed by atoms with Crippen LogP contribution in [0.3, 0.4) is 0 Å². The second-order valence-electron chi connectivity index (χ2n) is 7.41. The highest BCUT2D eigenvalue weighted by molar-refractivity contribution is 5.79. The number of fused-ring (bicyclic) bond motifs is 3. The first kappa shape index (κ1) is 18.4. The first-order valence-corrected chi connectivity index (χ1v) is 8.83. The summed E-state index contributed by atoms with van der Waals surface area (Å²) in [5.41, 5.74) is 3.76. The summed E-state index contributed by atoms with van der Waals surface area (Å²) in [6.45, 7) is 2.56. The van der Waals surface area contributed by atoms with E-state index in [4.69, 9.17) is 4.74 Å². The number of hydrogen-bond acceptors (Lipinski definition) is 4. The molecule has 2 aromatic rings. The van der Waals surface area contributed by atoms with Gasteiger partial charge in [0, 0.05) is 12.5 Å². The lowest BCUT2D eigenvalue weighted by Gasteiger charge is -2.27. The van der Waals surface area contributed by atoms with Gasteiger partial charge in [-0.1, -0.05) is 48.5 Å². The zero-order chi connectivity index (χ0) is 18.7. The zero-order valence-electron chi connectivity index (χ0n) is 15.5. The van der Waals surface area contributed by atoms with Crippen LogP contribution in [0.5, 0.6) is 0 Å². The van der Waals surface area contributed by atoms with Crippen molar-refractivity contribution in [3.05, 3.63) is 59.7 Å². The summed E-state index contributed by atoms with van der Waals surface area (Å²) in [5.74, 6) is 0.0374. The smallest absolute Gasteiger partial charge is 0.407 e. The standard InChI is InChI=1S/C21H26N2O3/c1-21(25,14-23(2)3)13-22-20(24)26-12-19-17-10-6-4-8-15(17)16-9-5-7-11-18(16)19/h4-11,19,25H,12-14H2,1-3H3,(H,22,24). The summed E-state index contributed by atoms with van der Waals surface area (Å²) in [6.07, 6.45) is -0.508. The molecule has 1 aliphatic rings. The van der Waals surface area contributed by atoms with Gasteiger partial charge in [-0.15, -0.1) is 0 Å². The van der Waals surface area contributed by atoms with Crippen molar-refractivity contribution >= 4 is 6.09 Å². The van der Waals surface area contributed by atoms with Crippen molar-refractivity contribution in [3.63, 3.8) is 0 Å². The Morgan fingerprint density at radius 1 is 1.12 bits per heavy atom. The summed E-state index contributed by atoms with van der Waals surface area (Å²) >= 11 is 0. The van der Waals surface area contributed by atoms with E-state index in [-0.39, 0.29) is 19.1 Å². The van der Waals surface area contributed by atoms with E-state index in [2.05, 4.69) is 29.6 Å². The van der Waals surface area contributed by atoms with Gasteiger partial charge in [0.15, 0.2) is 0 Å². The second-order valence-corrected chi connectivity index (χ2v) is 7.41. The molecule has 1 atom stereocenters. The Hall–Kier alpha value is -2.37. The molecule has 138 valence electrons. The van der Waals surface area contributed by atoms with Crippen LogP contribution in [0.1, 0.15) is 24.0 Å². The number of hydrogen-bond donors (Lipinski definition) is 2. The van der Waals surface area contributed by atoms with Gasteiger partial charge < -0.3 is 20.1 Å². The minimum atomic E-state index is -1.00. The van der Waals surface area contributed by atoms with E-state index in [9.17, 15) is 9.90 Å². The molecule has 0 heterocycles. The highest BCUT2D eigenvalue weighted by Crippen LogP contribution is 2.44. The number of carbonyl (C=O) groups is 1. The van der Waals surface area contributed by atoms with Crippen molar-refractivity contribution in [3.8, 4) is 11.1 Å². The third-order valence-electron chi connectivity index (χ3n) is 4.61. The Morgan fingerprint density at radius 3 is 2.19 bits per heavy atom. The Morgan fingerprint density at radius 2 is 1.65 bits per heavy atom. The van der Waals surface area contributed by atoms with Crippen LogP contribution in [0.15, 0.2) is 48.5 Å². The molecule has 0 radical (unpaired) electrons. The number of amides is 1. The third kappa shape index (κ3) is 4.06. The van der Waals surface area contributed by atoms with Gasteiger partial charge in [-0.25, -0.2) is 4.79 Å². The predicted octanol–water partition coefficient (Wildman–Crippen LogP) is 2.84. The van der Waals surface area contributed by atoms with E-state index >= 15 is 0 Å².